The number of hydrogen-bond donors (Lipinski definition) is 2. The smallest absolute Gasteiger partial charge is 0.461 e. The van der Waals surface area contributed by atoms with Crippen molar-refractivity contribution in [2.24, 2.45) is 0 Å². The van der Waals surface area contributed by atoms with Gasteiger partial charge in [-0.05, 0) is 18.2 Å². The fraction of sp³-hybridized carbons (Fsp3) is 0.364. The van der Waals surface area contributed by atoms with Crippen molar-refractivity contribution in [3.63, 3.8) is 0 Å². The zero-order valence-electron chi connectivity index (χ0n) is 11.2. The fourth-order valence-corrected chi connectivity index (χ4v) is 2.72. The molecular weight excluding hydrogens is 375 g/mol. The maximum Gasteiger partial charge on any atom is 0.461 e. The Bertz CT molecular complexity index is 730. The molecule has 1 aromatic carbocycles. The molecule has 1 rings (SSSR count). The largest absolute Gasteiger partial charge is 0.480 e. The van der Waals surface area contributed by atoms with Crippen molar-refractivity contribution in [1.29, 1.82) is 0 Å². The summed E-state index contributed by atoms with van der Waals surface area (Å²) in [6.45, 7) is -0.779. The Morgan fingerprint density at radius 1 is 1.08 bits per heavy atom. The maximum absolute atomic E-state index is 13.4. The van der Waals surface area contributed by atoms with Crippen molar-refractivity contribution >= 4 is 21.5 Å². The number of alkyl halides is 7. The molecule has 0 fully saturated rings. The number of carboxylic acids is 1. The van der Waals surface area contributed by atoms with Gasteiger partial charge in [-0.2, -0.15) is 30.7 Å². The number of rotatable bonds is 6. The van der Waals surface area contributed by atoms with Crippen molar-refractivity contribution in [3.05, 3.63) is 24.3 Å². The van der Waals surface area contributed by atoms with Crippen LogP contribution in [0.15, 0.2) is 29.2 Å². The lowest BCUT2D eigenvalue weighted by Gasteiger charge is -2.27. The summed E-state index contributed by atoms with van der Waals surface area (Å²) in [5.41, 5.74) is -0.385. The van der Waals surface area contributed by atoms with E-state index >= 15 is 0 Å². The Morgan fingerprint density at radius 2 is 1.62 bits per heavy atom. The van der Waals surface area contributed by atoms with E-state index in [1.54, 1.807) is 0 Å². The van der Waals surface area contributed by atoms with Gasteiger partial charge >= 0.3 is 23.3 Å². The van der Waals surface area contributed by atoms with E-state index in [1.165, 1.54) is 0 Å². The molecule has 136 valence electrons. The van der Waals surface area contributed by atoms with Gasteiger partial charge in [0, 0.05) is 5.69 Å². The minimum Gasteiger partial charge on any atom is -0.480 e. The van der Waals surface area contributed by atoms with E-state index in [0.29, 0.717) is 12.1 Å². The molecule has 1 aromatic rings. The molecule has 0 radical (unpaired) electrons. The van der Waals surface area contributed by atoms with Crippen LogP contribution in [0.25, 0.3) is 0 Å². The number of carbonyl (C=O) groups is 1. The number of benzene rings is 1. The molecule has 0 saturated heterocycles. The number of carboxylic acid groups (broad SMARTS) is 1. The number of sulfone groups is 1. The molecule has 13 heteroatoms. The van der Waals surface area contributed by atoms with E-state index in [1.807, 2.05) is 0 Å². The van der Waals surface area contributed by atoms with E-state index in [9.17, 15) is 43.9 Å². The first kappa shape index (κ1) is 20.0. The topological polar surface area (TPSA) is 83.5 Å². The number of anilines is 1. The molecule has 0 heterocycles. The maximum atomic E-state index is 13.4. The number of aliphatic carboxylic acids is 1. The summed E-state index contributed by atoms with van der Waals surface area (Å²) in [6, 6.07) is 2.46. The van der Waals surface area contributed by atoms with Crippen LogP contribution in [0.5, 0.6) is 0 Å². The van der Waals surface area contributed by atoms with Crippen LogP contribution in [0.1, 0.15) is 0 Å². The minimum absolute atomic E-state index is 0.318. The zero-order chi connectivity index (χ0) is 19.0. The SMILES string of the molecule is O=C(O)CNc1cccc(S(=O)(=O)C(F)(F)C(F)(F)C(F)(F)F)c1. The molecule has 0 bridgehead atoms. The van der Waals surface area contributed by atoms with Gasteiger partial charge in [0.15, 0.2) is 0 Å². The van der Waals surface area contributed by atoms with Crippen LogP contribution in [0.2, 0.25) is 0 Å². The van der Waals surface area contributed by atoms with E-state index in [0.717, 1.165) is 12.1 Å². The lowest BCUT2D eigenvalue weighted by molar-refractivity contribution is -0.332. The summed E-state index contributed by atoms with van der Waals surface area (Å²) in [7, 11) is -6.43. The number of hydrogen-bond acceptors (Lipinski definition) is 4. The molecule has 0 aromatic heterocycles. The average molecular weight is 383 g/mol. The van der Waals surface area contributed by atoms with Crippen LogP contribution in [-0.4, -0.2) is 43.4 Å². The van der Waals surface area contributed by atoms with Gasteiger partial charge in [-0.15, -0.1) is 0 Å². The van der Waals surface area contributed by atoms with Gasteiger partial charge in [-0.25, -0.2) is 8.42 Å². The monoisotopic (exact) mass is 383 g/mol. The molecule has 0 aliphatic heterocycles. The van der Waals surface area contributed by atoms with Crippen LogP contribution < -0.4 is 5.32 Å². The zero-order valence-corrected chi connectivity index (χ0v) is 12.1. The highest BCUT2D eigenvalue weighted by atomic mass is 32.2. The first-order valence-corrected chi connectivity index (χ1v) is 7.25. The second-order valence-corrected chi connectivity index (χ2v) is 6.36. The van der Waals surface area contributed by atoms with Crippen LogP contribution in [-0.2, 0) is 14.6 Å². The van der Waals surface area contributed by atoms with Gasteiger partial charge in [0.1, 0.15) is 6.54 Å². The van der Waals surface area contributed by atoms with E-state index in [2.05, 4.69) is 5.32 Å². The van der Waals surface area contributed by atoms with Crippen molar-refractivity contribution in [2.75, 3.05) is 11.9 Å². The van der Waals surface area contributed by atoms with Gasteiger partial charge in [0.25, 0.3) is 0 Å². The van der Waals surface area contributed by atoms with E-state index in [4.69, 9.17) is 5.11 Å². The van der Waals surface area contributed by atoms with Crippen LogP contribution in [0.3, 0.4) is 0 Å². The van der Waals surface area contributed by atoms with E-state index in [-0.39, 0.29) is 5.69 Å². The molecule has 0 atom stereocenters. The summed E-state index contributed by atoms with van der Waals surface area (Å²) in [5.74, 6) is -8.25. The second kappa shape index (κ2) is 6.11. The summed E-state index contributed by atoms with van der Waals surface area (Å²) < 4.78 is 112. The molecule has 0 amide bonds. The Labute approximate surface area is 130 Å². The van der Waals surface area contributed by atoms with Crippen LogP contribution in [0, 0.1) is 0 Å². The molecule has 0 aliphatic rings. The third-order valence-corrected chi connectivity index (χ3v) is 4.45. The second-order valence-electron chi connectivity index (χ2n) is 4.37. The molecular formula is C11H8F7NO4S. The quantitative estimate of drug-likeness (QED) is 0.739. The third kappa shape index (κ3) is 3.39. The van der Waals surface area contributed by atoms with Crippen molar-refractivity contribution < 1.29 is 49.1 Å². The summed E-state index contributed by atoms with van der Waals surface area (Å²) in [4.78, 5) is 8.80. The van der Waals surface area contributed by atoms with Gasteiger partial charge in [-0.1, -0.05) is 6.07 Å². The molecule has 0 spiro atoms. The molecule has 0 unspecified atom stereocenters. The fourth-order valence-electron chi connectivity index (χ4n) is 1.43. The van der Waals surface area contributed by atoms with Crippen molar-refractivity contribution in [3.8, 4) is 0 Å². The molecule has 0 aliphatic carbocycles. The van der Waals surface area contributed by atoms with Crippen molar-refractivity contribution in [1.82, 2.24) is 0 Å². The van der Waals surface area contributed by atoms with Crippen LogP contribution >= 0.6 is 0 Å². The first-order valence-electron chi connectivity index (χ1n) is 5.77. The Balaban J connectivity index is 3.34. The highest BCUT2D eigenvalue weighted by Gasteiger charge is 2.78. The van der Waals surface area contributed by atoms with Gasteiger partial charge < -0.3 is 10.4 Å². The first-order chi connectivity index (χ1) is 10.6. The molecule has 2 N–H and O–H groups in total. The predicted octanol–water partition coefficient (Wildman–Crippen LogP) is 2.75. The van der Waals surface area contributed by atoms with Gasteiger partial charge in [0.05, 0.1) is 4.90 Å². The lowest BCUT2D eigenvalue weighted by atomic mass is 10.3. The molecule has 5 nitrogen and oxygen atoms in total. The highest BCUT2D eigenvalue weighted by molar-refractivity contribution is 7.92. The lowest BCUT2D eigenvalue weighted by Crippen LogP contribution is -2.55. The number of nitrogens with one attached hydrogen (secondary N) is 1. The summed E-state index contributed by atoms with van der Waals surface area (Å²) in [6.07, 6.45) is -6.80. The van der Waals surface area contributed by atoms with Gasteiger partial charge in [0.2, 0.25) is 9.84 Å². The van der Waals surface area contributed by atoms with Crippen LogP contribution in [0.4, 0.5) is 36.4 Å². The van der Waals surface area contributed by atoms with E-state index < -0.39 is 44.6 Å². The molecule has 0 saturated carbocycles. The minimum atomic E-state index is -6.83. The van der Waals surface area contributed by atoms with Gasteiger partial charge in [-0.3, -0.25) is 4.79 Å². The number of halogens is 7. The Hall–Kier alpha value is -2.05. The van der Waals surface area contributed by atoms with Crippen molar-refractivity contribution in [2.45, 2.75) is 22.2 Å². The summed E-state index contributed by atoms with van der Waals surface area (Å²) in [5, 5.41) is 3.99. The highest BCUT2D eigenvalue weighted by Crippen LogP contribution is 2.50. The third-order valence-electron chi connectivity index (χ3n) is 2.65. The average Bonchev–Trinajstić information content (AvgIpc) is 2.43. The standard InChI is InChI=1S/C11H8F7NO4S/c12-9(13,10(14,15)16)11(17,18)24(22,23)7-3-1-2-6(4-7)19-5-8(20)21/h1-4,19H,5H2,(H,20,21). The normalized spacial score (nSPS) is 13.6. The Kier molecular flexibility index (Phi) is 5.09. The summed E-state index contributed by atoms with van der Waals surface area (Å²) >= 11 is 0. The Morgan fingerprint density at radius 3 is 2.08 bits per heavy atom. The molecule has 24 heavy (non-hydrogen) atoms. The predicted molar refractivity (Wildman–Crippen MR) is 65.7 cm³/mol.